The molecule has 0 aromatic carbocycles. The van der Waals surface area contributed by atoms with Crippen LogP contribution in [0.5, 0.6) is 0 Å². The molecule has 0 amide bonds. The molecular weight excluding hydrogens is 178 g/mol. The van der Waals surface area contributed by atoms with Crippen LogP contribution in [0.1, 0.15) is 40.0 Å². The first kappa shape index (κ1) is 13.3. The number of hydrogen-bond acceptors (Lipinski definition) is 2. The molecule has 0 aromatic rings. The standard InChI is InChI=1S/C11H25NS/c1-5-10(2)9-13-8-6-7-11(3)12-4/h10-12H,5-9H2,1-4H3. The van der Waals surface area contributed by atoms with Crippen molar-refractivity contribution in [3.63, 3.8) is 0 Å². The normalized spacial score (nSPS) is 15.7. The second kappa shape index (κ2) is 8.89. The lowest BCUT2D eigenvalue weighted by atomic mass is 10.2. The van der Waals surface area contributed by atoms with E-state index in [1.807, 2.05) is 7.05 Å². The predicted octanol–water partition coefficient (Wildman–Crippen LogP) is 3.15. The molecule has 2 heteroatoms. The monoisotopic (exact) mass is 203 g/mol. The van der Waals surface area contributed by atoms with Gasteiger partial charge in [0.1, 0.15) is 0 Å². The Morgan fingerprint density at radius 3 is 2.54 bits per heavy atom. The highest BCUT2D eigenvalue weighted by Gasteiger charge is 2.00. The van der Waals surface area contributed by atoms with E-state index < -0.39 is 0 Å². The molecule has 1 nitrogen and oxygen atoms in total. The zero-order chi connectivity index (χ0) is 10.1. The van der Waals surface area contributed by atoms with Crippen LogP contribution in [0.25, 0.3) is 0 Å². The summed E-state index contributed by atoms with van der Waals surface area (Å²) in [6.07, 6.45) is 3.98. The highest BCUT2D eigenvalue weighted by Crippen LogP contribution is 2.13. The maximum absolute atomic E-state index is 3.27. The van der Waals surface area contributed by atoms with Crippen molar-refractivity contribution in [2.45, 2.75) is 46.1 Å². The first-order valence-electron chi connectivity index (χ1n) is 5.45. The van der Waals surface area contributed by atoms with Gasteiger partial charge in [0.25, 0.3) is 0 Å². The second-order valence-electron chi connectivity index (χ2n) is 3.92. The first-order valence-corrected chi connectivity index (χ1v) is 6.61. The van der Waals surface area contributed by atoms with Gasteiger partial charge in [0, 0.05) is 6.04 Å². The van der Waals surface area contributed by atoms with Crippen molar-refractivity contribution in [1.82, 2.24) is 5.32 Å². The van der Waals surface area contributed by atoms with E-state index in [1.165, 1.54) is 30.8 Å². The number of rotatable bonds is 8. The molecule has 80 valence electrons. The molecule has 0 heterocycles. The van der Waals surface area contributed by atoms with Gasteiger partial charge in [-0.15, -0.1) is 0 Å². The topological polar surface area (TPSA) is 12.0 Å². The van der Waals surface area contributed by atoms with Gasteiger partial charge in [-0.2, -0.15) is 11.8 Å². The molecule has 0 spiro atoms. The molecule has 1 N–H and O–H groups in total. The molecule has 0 aliphatic rings. The average Bonchev–Trinajstić information content (AvgIpc) is 2.16. The van der Waals surface area contributed by atoms with E-state index in [2.05, 4.69) is 37.8 Å². The minimum atomic E-state index is 0.684. The van der Waals surface area contributed by atoms with Gasteiger partial charge >= 0.3 is 0 Å². The van der Waals surface area contributed by atoms with Crippen LogP contribution in [0.15, 0.2) is 0 Å². The smallest absolute Gasteiger partial charge is 0.00360 e. The van der Waals surface area contributed by atoms with Crippen LogP contribution < -0.4 is 5.32 Å². The summed E-state index contributed by atoms with van der Waals surface area (Å²) in [7, 11) is 2.04. The minimum absolute atomic E-state index is 0.684. The Bertz CT molecular complexity index is 94.3. The third-order valence-electron chi connectivity index (χ3n) is 2.52. The third kappa shape index (κ3) is 8.63. The highest BCUT2D eigenvalue weighted by molar-refractivity contribution is 7.99. The summed E-state index contributed by atoms with van der Waals surface area (Å²) >= 11 is 2.11. The van der Waals surface area contributed by atoms with E-state index in [4.69, 9.17) is 0 Å². The summed E-state index contributed by atoms with van der Waals surface area (Å²) < 4.78 is 0. The van der Waals surface area contributed by atoms with Crippen molar-refractivity contribution in [2.75, 3.05) is 18.6 Å². The Morgan fingerprint density at radius 1 is 1.31 bits per heavy atom. The molecule has 0 saturated heterocycles. The number of thioether (sulfide) groups is 1. The van der Waals surface area contributed by atoms with Gasteiger partial charge in [0.2, 0.25) is 0 Å². The van der Waals surface area contributed by atoms with Crippen LogP contribution in [0.4, 0.5) is 0 Å². The van der Waals surface area contributed by atoms with Crippen molar-refractivity contribution in [2.24, 2.45) is 5.92 Å². The molecule has 0 radical (unpaired) electrons. The summed E-state index contributed by atoms with van der Waals surface area (Å²) in [5.74, 6) is 3.56. The van der Waals surface area contributed by atoms with Gasteiger partial charge in [-0.25, -0.2) is 0 Å². The summed E-state index contributed by atoms with van der Waals surface area (Å²) in [6.45, 7) is 6.86. The Hall–Kier alpha value is 0.310. The van der Waals surface area contributed by atoms with Crippen molar-refractivity contribution in [1.29, 1.82) is 0 Å². The predicted molar refractivity (Wildman–Crippen MR) is 64.5 cm³/mol. The van der Waals surface area contributed by atoms with Crippen LogP contribution >= 0.6 is 11.8 Å². The summed E-state index contributed by atoms with van der Waals surface area (Å²) in [4.78, 5) is 0. The summed E-state index contributed by atoms with van der Waals surface area (Å²) in [5.41, 5.74) is 0. The molecular formula is C11H25NS. The SMILES string of the molecule is CCC(C)CSCCCC(C)NC. The van der Waals surface area contributed by atoms with Gasteiger partial charge in [-0.05, 0) is 44.2 Å². The molecule has 2 atom stereocenters. The molecule has 0 saturated carbocycles. The van der Waals surface area contributed by atoms with Gasteiger partial charge < -0.3 is 5.32 Å². The number of hydrogen-bond donors (Lipinski definition) is 1. The fraction of sp³-hybridized carbons (Fsp3) is 1.00. The van der Waals surface area contributed by atoms with E-state index >= 15 is 0 Å². The lowest BCUT2D eigenvalue weighted by molar-refractivity contribution is 0.559. The van der Waals surface area contributed by atoms with E-state index in [1.54, 1.807) is 0 Å². The van der Waals surface area contributed by atoms with Crippen LogP contribution in [-0.4, -0.2) is 24.6 Å². The Morgan fingerprint density at radius 2 is 2.00 bits per heavy atom. The van der Waals surface area contributed by atoms with Gasteiger partial charge in [-0.1, -0.05) is 20.3 Å². The maximum Gasteiger partial charge on any atom is 0.00360 e. The van der Waals surface area contributed by atoms with Crippen molar-refractivity contribution in [3.05, 3.63) is 0 Å². The molecule has 0 rings (SSSR count). The molecule has 0 fully saturated rings. The molecule has 13 heavy (non-hydrogen) atoms. The first-order chi connectivity index (χ1) is 6.20. The van der Waals surface area contributed by atoms with E-state index in [-0.39, 0.29) is 0 Å². The quantitative estimate of drug-likeness (QED) is 0.608. The fourth-order valence-corrected chi connectivity index (χ4v) is 2.21. The molecule has 0 bridgehead atoms. The van der Waals surface area contributed by atoms with Crippen molar-refractivity contribution >= 4 is 11.8 Å². The van der Waals surface area contributed by atoms with Crippen LogP contribution in [0, 0.1) is 5.92 Å². The maximum atomic E-state index is 3.27. The summed E-state index contributed by atoms with van der Waals surface area (Å²) in [5, 5.41) is 3.27. The fourth-order valence-electron chi connectivity index (χ4n) is 1.04. The molecule has 2 unspecified atom stereocenters. The van der Waals surface area contributed by atoms with E-state index in [0.717, 1.165) is 5.92 Å². The molecule has 0 aliphatic heterocycles. The highest BCUT2D eigenvalue weighted by atomic mass is 32.2. The largest absolute Gasteiger partial charge is 0.317 e. The minimum Gasteiger partial charge on any atom is -0.317 e. The van der Waals surface area contributed by atoms with Crippen molar-refractivity contribution < 1.29 is 0 Å². The van der Waals surface area contributed by atoms with Crippen LogP contribution in [0.3, 0.4) is 0 Å². The second-order valence-corrected chi connectivity index (χ2v) is 5.07. The Kier molecular flexibility index (Phi) is 9.10. The average molecular weight is 203 g/mol. The van der Waals surface area contributed by atoms with Gasteiger partial charge in [0.05, 0.1) is 0 Å². The Labute approximate surface area is 88.1 Å². The molecule has 0 aromatic heterocycles. The lowest BCUT2D eigenvalue weighted by Crippen LogP contribution is -2.20. The van der Waals surface area contributed by atoms with E-state index in [9.17, 15) is 0 Å². The Balaban J connectivity index is 3.08. The van der Waals surface area contributed by atoms with Crippen LogP contribution in [0.2, 0.25) is 0 Å². The zero-order valence-corrected chi connectivity index (χ0v) is 10.4. The van der Waals surface area contributed by atoms with Crippen LogP contribution in [-0.2, 0) is 0 Å². The van der Waals surface area contributed by atoms with E-state index in [0.29, 0.717) is 6.04 Å². The number of nitrogens with one attached hydrogen (secondary N) is 1. The van der Waals surface area contributed by atoms with Crippen molar-refractivity contribution in [3.8, 4) is 0 Å². The molecule has 0 aliphatic carbocycles. The van der Waals surface area contributed by atoms with Gasteiger partial charge in [0.15, 0.2) is 0 Å². The van der Waals surface area contributed by atoms with Gasteiger partial charge in [-0.3, -0.25) is 0 Å². The summed E-state index contributed by atoms with van der Waals surface area (Å²) in [6, 6.07) is 0.684. The zero-order valence-electron chi connectivity index (χ0n) is 9.60. The third-order valence-corrected chi connectivity index (χ3v) is 3.90. The lowest BCUT2D eigenvalue weighted by Gasteiger charge is -2.10.